The van der Waals surface area contributed by atoms with Gasteiger partial charge < -0.3 is 10.1 Å². The quantitative estimate of drug-likeness (QED) is 0.798. The van der Waals surface area contributed by atoms with Crippen molar-refractivity contribution in [3.8, 4) is 5.75 Å². The van der Waals surface area contributed by atoms with E-state index in [0.717, 1.165) is 12.3 Å². The van der Waals surface area contributed by atoms with Crippen LogP contribution in [0.2, 0.25) is 0 Å². The van der Waals surface area contributed by atoms with E-state index in [0.29, 0.717) is 6.61 Å². The molecule has 0 saturated carbocycles. The molecule has 0 unspecified atom stereocenters. The van der Waals surface area contributed by atoms with E-state index in [1.807, 2.05) is 12.1 Å². The van der Waals surface area contributed by atoms with Gasteiger partial charge in [-0.2, -0.15) is 0 Å². The van der Waals surface area contributed by atoms with Gasteiger partial charge in [0.25, 0.3) is 0 Å². The first kappa shape index (κ1) is 16.8. The van der Waals surface area contributed by atoms with Crippen molar-refractivity contribution in [1.29, 1.82) is 0 Å². The highest BCUT2D eigenvalue weighted by Crippen LogP contribution is 2.19. The minimum absolute atomic E-state index is 0.140. The van der Waals surface area contributed by atoms with Crippen LogP contribution >= 0.6 is 0 Å². The number of allylic oxidation sites excluding steroid dienone is 1. The second-order valence-electron chi connectivity index (χ2n) is 7.30. The summed E-state index contributed by atoms with van der Waals surface area (Å²) in [6.07, 6.45) is 4.37. The summed E-state index contributed by atoms with van der Waals surface area (Å²) in [5.41, 5.74) is 1.52. The van der Waals surface area contributed by atoms with E-state index >= 15 is 0 Å². The summed E-state index contributed by atoms with van der Waals surface area (Å²) in [4.78, 5) is 0. The van der Waals surface area contributed by atoms with Crippen LogP contribution in [0.25, 0.3) is 6.08 Å². The van der Waals surface area contributed by atoms with Crippen molar-refractivity contribution in [2.45, 2.75) is 47.1 Å². The van der Waals surface area contributed by atoms with Crippen molar-refractivity contribution >= 4 is 6.08 Å². The van der Waals surface area contributed by atoms with Gasteiger partial charge in [0, 0.05) is 12.1 Å². The summed E-state index contributed by atoms with van der Waals surface area (Å²) >= 11 is 0. The van der Waals surface area contributed by atoms with E-state index in [1.165, 1.54) is 5.56 Å². The van der Waals surface area contributed by atoms with Gasteiger partial charge in [-0.15, -0.1) is 0 Å². The Morgan fingerprint density at radius 3 is 2.40 bits per heavy atom. The molecule has 0 aliphatic carbocycles. The average molecular weight is 275 g/mol. The molecule has 1 N–H and O–H groups in total. The Balaban J connectivity index is 2.50. The number of hydrogen-bond acceptors (Lipinski definition) is 2. The van der Waals surface area contributed by atoms with Crippen LogP contribution in [0, 0.1) is 5.41 Å². The number of rotatable bonds is 5. The fourth-order valence-corrected chi connectivity index (χ4v) is 1.65. The maximum absolute atomic E-state index is 5.78. The lowest BCUT2D eigenvalue weighted by Crippen LogP contribution is -2.38. The van der Waals surface area contributed by atoms with Crippen molar-refractivity contribution in [3.63, 3.8) is 0 Å². The second kappa shape index (κ2) is 6.94. The fourth-order valence-electron chi connectivity index (χ4n) is 1.65. The SMILES string of the molecule is CC(C)(C)/C=C/c1cccc(OCCNC(C)(C)C)c1. The highest BCUT2D eigenvalue weighted by Gasteiger charge is 2.07. The van der Waals surface area contributed by atoms with Gasteiger partial charge in [-0.05, 0) is 43.9 Å². The molecule has 1 aromatic carbocycles. The molecule has 0 saturated heterocycles. The van der Waals surface area contributed by atoms with Crippen molar-refractivity contribution < 1.29 is 4.74 Å². The smallest absolute Gasteiger partial charge is 0.119 e. The Bertz CT molecular complexity index is 435. The van der Waals surface area contributed by atoms with Gasteiger partial charge in [-0.25, -0.2) is 0 Å². The van der Waals surface area contributed by atoms with Gasteiger partial charge in [0.05, 0.1) is 0 Å². The largest absolute Gasteiger partial charge is 0.492 e. The maximum Gasteiger partial charge on any atom is 0.119 e. The van der Waals surface area contributed by atoms with Crippen LogP contribution in [0.4, 0.5) is 0 Å². The summed E-state index contributed by atoms with van der Waals surface area (Å²) in [7, 11) is 0. The van der Waals surface area contributed by atoms with Gasteiger partial charge in [0.15, 0.2) is 0 Å². The van der Waals surface area contributed by atoms with Gasteiger partial charge in [0.1, 0.15) is 12.4 Å². The van der Waals surface area contributed by atoms with Crippen molar-refractivity contribution in [1.82, 2.24) is 5.32 Å². The summed E-state index contributed by atoms with van der Waals surface area (Å²) in [6.45, 7) is 14.6. The van der Waals surface area contributed by atoms with E-state index in [1.54, 1.807) is 0 Å². The van der Waals surface area contributed by atoms with E-state index in [9.17, 15) is 0 Å². The standard InChI is InChI=1S/C18H29NO/c1-17(2,3)11-10-15-8-7-9-16(14-15)20-13-12-19-18(4,5)6/h7-11,14,19H,12-13H2,1-6H3/b11-10+. The van der Waals surface area contributed by atoms with Crippen LogP contribution in [0.15, 0.2) is 30.3 Å². The molecule has 112 valence electrons. The minimum atomic E-state index is 0.140. The van der Waals surface area contributed by atoms with Crippen LogP contribution in [0.3, 0.4) is 0 Å². The Kier molecular flexibility index (Phi) is 5.82. The van der Waals surface area contributed by atoms with Crippen LogP contribution in [-0.4, -0.2) is 18.7 Å². The summed E-state index contributed by atoms with van der Waals surface area (Å²) in [6, 6.07) is 8.22. The molecule has 1 aromatic rings. The molecule has 0 fully saturated rings. The zero-order chi connectivity index (χ0) is 15.2. The molecular formula is C18H29NO. The maximum atomic E-state index is 5.78. The molecule has 0 amide bonds. The normalized spacial score (nSPS) is 12.9. The lowest BCUT2D eigenvalue weighted by molar-refractivity contribution is 0.291. The lowest BCUT2D eigenvalue weighted by Gasteiger charge is -2.20. The third-order valence-electron chi connectivity index (χ3n) is 2.66. The van der Waals surface area contributed by atoms with Crippen LogP contribution in [0.1, 0.15) is 47.1 Å². The molecule has 0 heterocycles. The number of hydrogen-bond donors (Lipinski definition) is 1. The highest BCUT2D eigenvalue weighted by molar-refractivity contribution is 5.52. The Labute approximate surface area is 124 Å². The molecule has 20 heavy (non-hydrogen) atoms. The van der Waals surface area contributed by atoms with Gasteiger partial charge in [0.2, 0.25) is 0 Å². The molecule has 0 radical (unpaired) electrons. The Hall–Kier alpha value is -1.28. The Morgan fingerprint density at radius 1 is 1.10 bits per heavy atom. The Morgan fingerprint density at radius 2 is 1.80 bits per heavy atom. The minimum Gasteiger partial charge on any atom is -0.492 e. The zero-order valence-corrected chi connectivity index (χ0v) is 13.8. The predicted molar refractivity (Wildman–Crippen MR) is 88.2 cm³/mol. The summed E-state index contributed by atoms with van der Waals surface area (Å²) in [5.74, 6) is 0.928. The molecule has 0 atom stereocenters. The molecule has 0 bridgehead atoms. The fraction of sp³-hybridized carbons (Fsp3) is 0.556. The molecule has 0 aliphatic rings. The summed E-state index contributed by atoms with van der Waals surface area (Å²) in [5, 5.41) is 3.41. The highest BCUT2D eigenvalue weighted by atomic mass is 16.5. The van der Waals surface area contributed by atoms with E-state index in [4.69, 9.17) is 4.74 Å². The van der Waals surface area contributed by atoms with Gasteiger partial charge in [-0.1, -0.05) is 45.1 Å². The molecule has 2 heteroatoms. The molecule has 0 aliphatic heterocycles. The number of benzene rings is 1. The van der Waals surface area contributed by atoms with Crippen molar-refractivity contribution in [2.75, 3.05) is 13.2 Å². The third kappa shape index (κ3) is 8.00. The topological polar surface area (TPSA) is 21.3 Å². The third-order valence-corrected chi connectivity index (χ3v) is 2.66. The summed E-state index contributed by atoms with van der Waals surface area (Å²) < 4.78 is 5.78. The van der Waals surface area contributed by atoms with Crippen LogP contribution in [-0.2, 0) is 0 Å². The van der Waals surface area contributed by atoms with Gasteiger partial charge >= 0.3 is 0 Å². The molecule has 0 spiro atoms. The zero-order valence-electron chi connectivity index (χ0n) is 13.8. The molecule has 0 aromatic heterocycles. The van der Waals surface area contributed by atoms with E-state index in [2.05, 4.69) is 71.1 Å². The first-order valence-corrected chi connectivity index (χ1v) is 7.33. The van der Waals surface area contributed by atoms with Crippen LogP contribution < -0.4 is 10.1 Å². The second-order valence-corrected chi connectivity index (χ2v) is 7.30. The van der Waals surface area contributed by atoms with Crippen molar-refractivity contribution in [2.24, 2.45) is 5.41 Å². The van der Waals surface area contributed by atoms with Crippen LogP contribution in [0.5, 0.6) is 5.75 Å². The average Bonchev–Trinajstić information content (AvgIpc) is 2.31. The number of nitrogens with one attached hydrogen (secondary N) is 1. The first-order valence-electron chi connectivity index (χ1n) is 7.33. The molecule has 2 nitrogen and oxygen atoms in total. The predicted octanol–water partition coefficient (Wildman–Crippen LogP) is 4.51. The van der Waals surface area contributed by atoms with E-state index in [-0.39, 0.29) is 11.0 Å². The first-order chi connectivity index (χ1) is 9.16. The van der Waals surface area contributed by atoms with E-state index < -0.39 is 0 Å². The number of ether oxygens (including phenoxy) is 1. The monoisotopic (exact) mass is 275 g/mol. The molecule has 1 rings (SSSR count). The molecular weight excluding hydrogens is 246 g/mol. The van der Waals surface area contributed by atoms with Gasteiger partial charge in [-0.3, -0.25) is 0 Å². The van der Waals surface area contributed by atoms with Crippen molar-refractivity contribution in [3.05, 3.63) is 35.9 Å². The lowest BCUT2D eigenvalue weighted by atomic mass is 9.95.